The number of aromatic nitrogens is 1. The molecule has 1 aliphatic rings. The third-order valence-electron chi connectivity index (χ3n) is 9.22. The second-order valence-electron chi connectivity index (χ2n) is 13.1. The molecule has 6 rings (SSSR count). The standard InChI is InChI=1S/C25H24ClFN4O3.C15H14BClFNO4/c26-18-3-1-2-15(8-18)22(13-32)31-25(34)19-6-4-14(10-21(19)27)20-9-17(12-30-24(20)28)16-5-7-23(33)29-11-16;17-11-3-1-2-9(6-11)14(8-20)19-15(21)12-5-4-10(16(22)23)7-13(12)18/h1-4,6,8-10,12,16,22,32H,5,7,11,13H2,(H2,28,30)(H,29,33)(H,31,34);1-7,14,20,22-23H,8H2,(H,19,21)/t16?,22-;14-/m11/s1. The number of benzene rings is 4. The maximum absolute atomic E-state index is 15.0. The highest BCUT2D eigenvalue weighted by atomic mass is 35.5. The molecule has 0 spiro atoms. The second kappa shape index (κ2) is 19.6. The summed E-state index contributed by atoms with van der Waals surface area (Å²) in [5.41, 5.74) is 8.68. The Hall–Kier alpha value is -5.42. The number of nitrogens with one attached hydrogen (secondary N) is 3. The molecule has 1 saturated heterocycles. The van der Waals surface area contributed by atoms with Gasteiger partial charge in [0.15, 0.2) is 0 Å². The Labute approximate surface area is 336 Å². The molecule has 2 heterocycles. The van der Waals surface area contributed by atoms with Gasteiger partial charge in [-0.15, -0.1) is 0 Å². The lowest BCUT2D eigenvalue weighted by Crippen LogP contribution is -2.33. The van der Waals surface area contributed by atoms with Crippen molar-refractivity contribution >= 4 is 59.3 Å². The smallest absolute Gasteiger partial charge is 0.423 e. The van der Waals surface area contributed by atoms with Crippen LogP contribution in [0.3, 0.4) is 0 Å². The van der Waals surface area contributed by atoms with Gasteiger partial charge in [0.05, 0.1) is 36.4 Å². The van der Waals surface area contributed by atoms with Crippen LogP contribution in [0.15, 0.2) is 97.2 Å². The fourth-order valence-corrected chi connectivity index (χ4v) is 6.49. The van der Waals surface area contributed by atoms with Crippen molar-refractivity contribution in [3.05, 3.63) is 147 Å². The van der Waals surface area contributed by atoms with Crippen LogP contribution in [0, 0.1) is 11.6 Å². The van der Waals surface area contributed by atoms with Crippen LogP contribution in [0.2, 0.25) is 10.0 Å². The molecule has 57 heavy (non-hydrogen) atoms. The van der Waals surface area contributed by atoms with Crippen molar-refractivity contribution in [1.82, 2.24) is 20.9 Å². The van der Waals surface area contributed by atoms with E-state index >= 15 is 0 Å². The molecule has 3 atom stereocenters. The van der Waals surface area contributed by atoms with Gasteiger partial charge in [0.25, 0.3) is 11.8 Å². The lowest BCUT2D eigenvalue weighted by Gasteiger charge is -2.23. The Morgan fingerprint density at radius 3 is 1.88 bits per heavy atom. The molecule has 1 unspecified atom stereocenters. The lowest BCUT2D eigenvalue weighted by molar-refractivity contribution is -0.122. The Morgan fingerprint density at radius 2 is 1.40 bits per heavy atom. The molecule has 296 valence electrons. The summed E-state index contributed by atoms with van der Waals surface area (Å²) in [4.78, 5) is 40.6. The Balaban J connectivity index is 0.000000235. The SMILES string of the molecule is Nc1ncc(C2CCC(=O)NC2)cc1-c1ccc(C(=O)N[C@H](CO)c2cccc(Cl)c2)c(F)c1.O=C(N[C@H](CO)c1cccc(Cl)c1)c1ccc(B(O)O)cc1F. The van der Waals surface area contributed by atoms with Crippen LogP contribution in [0.25, 0.3) is 11.1 Å². The van der Waals surface area contributed by atoms with E-state index in [1.165, 1.54) is 18.2 Å². The molecule has 1 aromatic heterocycles. The van der Waals surface area contributed by atoms with Crippen LogP contribution in [0.1, 0.15) is 68.2 Å². The molecule has 17 heteroatoms. The van der Waals surface area contributed by atoms with Crippen molar-refractivity contribution in [1.29, 1.82) is 0 Å². The predicted molar refractivity (Wildman–Crippen MR) is 213 cm³/mol. The molecular weight excluding hydrogens is 782 g/mol. The fourth-order valence-electron chi connectivity index (χ4n) is 6.09. The number of amides is 3. The maximum Gasteiger partial charge on any atom is 0.488 e. The molecule has 1 aliphatic heterocycles. The average Bonchev–Trinajstić information content (AvgIpc) is 3.19. The Bertz CT molecular complexity index is 2240. The molecule has 1 fully saturated rings. The molecule has 0 bridgehead atoms. The Morgan fingerprint density at radius 1 is 0.842 bits per heavy atom. The van der Waals surface area contributed by atoms with Gasteiger partial charge in [-0.3, -0.25) is 14.4 Å². The molecule has 0 saturated carbocycles. The predicted octanol–water partition coefficient (Wildman–Crippen LogP) is 4.20. The van der Waals surface area contributed by atoms with Gasteiger partial charge in [-0.1, -0.05) is 59.6 Å². The topological polar surface area (TPSA) is 207 Å². The zero-order chi connectivity index (χ0) is 41.2. The minimum Gasteiger partial charge on any atom is -0.423 e. The first-order valence-corrected chi connectivity index (χ1v) is 18.4. The zero-order valence-electron chi connectivity index (χ0n) is 30.1. The number of pyridine rings is 1. The number of aliphatic hydroxyl groups excluding tert-OH is 2. The maximum atomic E-state index is 15.0. The van der Waals surface area contributed by atoms with Gasteiger partial charge in [-0.05, 0) is 88.7 Å². The van der Waals surface area contributed by atoms with E-state index in [2.05, 4.69) is 20.9 Å². The van der Waals surface area contributed by atoms with E-state index in [0.29, 0.717) is 51.7 Å². The number of piperidine rings is 1. The Kier molecular flexibility index (Phi) is 14.7. The number of anilines is 1. The number of aliphatic hydroxyl groups is 2. The van der Waals surface area contributed by atoms with Gasteiger partial charge < -0.3 is 41.9 Å². The summed E-state index contributed by atoms with van der Waals surface area (Å²) in [6.45, 7) is -0.250. The number of halogens is 4. The number of nitrogen functional groups attached to an aromatic ring is 1. The summed E-state index contributed by atoms with van der Waals surface area (Å²) < 4.78 is 28.9. The van der Waals surface area contributed by atoms with Crippen molar-refractivity contribution in [3.8, 4) is 11.1 Å². The van der Waals surface area contributed by atoms with Crippen LogP contribution >= 0.6 is 23.2 Å². The molecule has 0 aliphatic carbocycles. The summed E-state index contributed by atoms with van der Waals surface area (Å²) in [6, 6.07) is 21.1. The molecule has 12 nitrogen and oxygen atoms in total. The summed E-state index contributed by atoms with van der Waals surface area (Å²) in [5.74, 6) is -2.66. The third kappa shape index (κ3) is 11.1. The summed E-state index contributed by atoms with van der Waals surface area (Å²) >= 11 is 11.9. The number of hydrogen-bond acceptors (Lipinski definition) is 9. The van der Waals surface area contributed by atoms with Crippen LogP contribution < -0.4 is 27.1 Å². The molecular formula is C40H38BCl2F2N5O7. The first kappa shape index (κ1) is 42.7. The van der Waals surface area contributed by atoms with E-state index in [-0.39, 0.29) is 47.4 Å². The van der Waals surface area contributed by atoms with Crippen molar-refractivity contribution in [2.75, 3.05) is 25.5 Å². The normalized spacial score (nSPS) is 14.7. The highest BCUT2D eigenvalue weighted by Gasteiger charge is 2.23. The first-order valence-electron chi connectivity index (χ1n) is 17.6. The van der Waals surface area contributed by atoms with E-state index in [9.17, 15) is 33.4 Å². The minimum absolute atomic E-state index is 0.0228. The molecule has 3 amide bonds. The van der Waals surface area contributed by atoms with Crippen molar-refractivity contribution in [2.24, 2.45) is 0 Å². The minimum atomic E-state index is -1.82. The van der Waals surface area contributed by atoms with Gasteiger partial charge in [0.1, 0.15) is 17.5 Å². The number of nitrogens with zero attached hydrogens (tertiary/aromatic N) is 1. The van der Waals surface area contributed by atoms with Crippen LogP contribution in [0.5, 0.6) is 0 Å². The number of carbonyl (C=O) groups excluding carboxylic acids is 3. The molecule has 0 radical (unpaired) electrons. The molecule has 4 aromatic carbocycles. The lowest BCUT2D eigenvalue weighted by atomic mass is 9.80. The van der Waals surface area contributed by atoms with E-state index in [1.54, 1.807) is 60.8 Å². The highest BCUT2D eigenvalue weighted by Crippen LogP contribution is 2.32. The quantitative estimate of drug-likeness (QED) is 0.0898. The summed E-state index contributed by atoms with van der Waals surface area (Å²) in [6.07, 6.45) is 2.81. The van der Waals surface area contributed by atoms with E-state index < -0.39 is 42.7 Å². The number of hydrogen-bond donors (Lipinski definition) is 8. The monoisotopic (exact) mass is 819 g/mol. The van der Waals surface area contributed by atoms with Gasteiger partial charge >= 0.3 is 7.12 Å². The highest BCUT2D eigenvalue weighted by molar-refractivity contribution is 6.58. The van der Waals surface area contributed by atoms with Crippen molar-refractivity contribution in [3.63, 3.8) is 0 Å². The van der Waals surface area contributed by atoms with Gasteiger partial charge in [0, 0.05) is 40.7 Å². The molecule has 5 aromatic rings. The van der Waals surface area contributed by atoms with Crippen LogP contribution in [-0.2, 0) is 4.79 Å². The number of rotatable bonds is 11. The third-order valence-corrected chi connectivity index (χ3v) is 9.69. The van der Waals surface area contributed by atoms with E-state index in [0.717, 1.165) is 17.7 Å². The van der Waals surface area contributed by atoms with Crippen LogP contribution in [0.4, 0.5) is 14.6 Å². The second-order valence-corrected chi connectivity index (χ2v) is 13.9. The number of nitrogens with two attached hydrogens (primary N) is 1. The van der Waals surface area contributed by atoms with Gasteiger partial charge in [-0.2, -0.15) is 0 Å². The van der Waals surface area contributed by atoms with Crippen molar-refractivity contribution < 1.29 is 43.4 Å². The fraction of sp³-hybridized carbons (Fsp3) is 0.200. The van der Waals surface area contributed by atoms with Crippen LogP contribution in [-0.4, -0.2) is 69.8 Å². The van der Waals surface area contributed by atoms with E-state index in [1.807, 2.05) is 6.07 Å². The first-order chi connectivity index (χ1) is 27.3. The zero-order valence-corrected chi connectivity index (χ0v) is 31.6. The summed E-state index contributed by atoms with van der Waals surface area (Å²) in [7, 11) is -1.82. The van der Waals surface area contributed by atoms with Crippen molar-refractivity contribution in [2.45, 2.75) is 30.8 Å². The van der Waals surface area contributed by atoms with Gasteiger partial charge in [-0.25, -0.2) is 13.8 Å². The summed E-state index contributed by atoms with van der Waals surface area (Å²) in [5, 5.41) is 46.0. The van der Waals surface area contributed by atoms with E-state index in [4.69, 9.17) is 39.0 Å². The number of carbonyl (C=O) groups is 3. The van der Waals surface area contributed by atoms with Gasteiger partial charge in [0.2, 0.25) is 5.91 Å². The largest absolute Gasteiger partial charge is 0.488 e. The average molecular weight is 820 g/mol. The molecule has 9 N–H and O–H groups in total.